The normalized spacial score (nSPS) is 16.9. The quantitative estimate of drug-likeness (QED) is 0.0557. The minimum Gasteiger partial charge on any atom is -1.00 e. The Kier molecular flexibility index (Phi) is 40.3. The molecule has 374 valence electrons. The number of nitrogens with zero attached hydrogens (tertiary/aromatic N) is 6. The summed E-state index contributed by atoms with van der Waals surface area (Å²) in [6, 6.07) is 8.70. The summed E-state index contributed by atoms with van der Waals surface area (Å²) in [5, 5.41) is 27.0. The van der Waals surface area contributed by atoms with E-state index in [0.29, 0.717) is 17.0 Å². The first-order valence-electron chi connectivity index (χ1n) is 21.4. The molecule has 0 radical (unpaired) electrons. The zero-order valence-electron chi connectivity index (χ0n) is 42.6. The van der Waals surface area contributed by atoms with Crippen LogP contribution >= 0.6 is 65.6 Å². The number of anilines is 1. The maximum Gasteiger partial charge on any atom is 1.00 e. The summed E-state index contributed by atoms with van der Waals surface area (Å²) >= 11 is 6.12. The summed E-state index contributed by atoms with van der Waals surface area (Å²) < 4.78 is 14.0. The average molecular weight is 1090 g/mol. The summed E-state index contributed by atoms with van der Waals surface area (Å²) in [7, 11) is 0. The zero-order valence-corrected chi connectivity index (χ0v) is 52.6. The van der Waals surface area contributed by atoms with Crippen LogP contribution in [0.1, 0.15) is 158 Å². The largest absolute Gasteiger partial charge is 1.00 e. The molecule has 2 aliphatic rings. The molecule has 0 spiro atoms. The van der Waals surface area contributed by atoms with Gasteiger partial charge in [0, 0.05) is 65.6 Å². The van der Waals surface area contributed by atoms with Crippen LogP contribution in [0, 0.1) is 0 Å². The fourth-order valence-corrected chi connectivity index (χ4v) is 7.55. The summed E-state index contributed by atoms with van der Waals surface area (Å²) in [5.74, 6) is 1.91. The van der Waals surface area contributed by atoms with Crippen LogP contribution in [0.15, 0.2) is 36.7 Å². The molecule has 0 aliphatic heterocycles. The van der Waals surface area contributed by atoms with Gasteiger partial charge in [0.15, 0.2) is 11.3 Å². The monoisotopic (exact) mass is 1090 g/mol. The van der Waals surface area contributed by atoms with Gasteiger partial charge >= 0.3 is 115 Å². The molecule has 2 fully saturated rings. The third-order valence-corrected chi connectivity index (χ3v) is 10.5. The second kappa shape index (κ2) is 36.8. The van der Waals surface area contributed by atoms with Gasteiger partial charge < -0.3 is 42.7 Å². The smallest absolute Gasteiger partial charge is 1.00 e. The molecule has 2 aliphatic carbocycles. The fourth-order valence-electron chi connectivity index (χ4n) is 7.31. The molecular weight excluding hydrogens is 1010 g/mol. The van der Waals surface area contributed by atoms with Crippen LogP contribution in [0.3, 0.4) is 0 Å². The van der Waals surface area contributed by atoms with E-state index < -0.39 is 11.2 Å². The summed E-state index contributed by atoms with van der Waals surface area (Å²) in [6.45, 7) is 19.8. The second-order valence-corrected chi connectivity index (χ2v) is 17.8. The maximum absolute atomic E-state index is 12.0. The number of ether oxygens (including phenoxy) is 2. The number of hydrogen-bond donors (Lipinski definition) is 4. The zero-order chi connectivity index (χ0) is 45.3. The Balaban J connectivity index is -0.000000285. The Bertz CT molecular complexity index is 1990. The molecule has 0 bridgehead atoms. The Hall–Kier alpha value is -0.0673. The van der Waals surface area contributed by atoms with Crippen LogP contribution in [0.25, 0.3) is 11.3 Å². The number of fused-ring (bicyclic) bond motifs is 2. The minimum absolute atomic E-state index is 0. The van der Waals surface area contributed by atoms with Crippen molar-refractivity contribution in [2.45, 2.75) is 181 Å². The Morgan fingerprint density at radius 1 is 0.761 bits per heavy atom. The number of amides is 2. The van der Waals surface area contributed by atoms with E-state index in [2.05, 4.69) is 69.8 Å². The average Bonchev–Trinajstić information content (AvgIpc) is 4.01. The van der Waals surface area contributed by atoms with Gasteiger partial charge in [0.25, 0.3) is 6.47 Å². The first-order valence-corrected chi connectivity index (χ1v) is 21.8. The molecule has 4 heterocycles. The number of hydrogen-bond acceptors (Lipinski definition) is 13. The molecule has 17 nitrogen and oxygen atoms in total. The number of halogens is 1. The van der Waals surface area contributed by atoms with E-state index in [4.69, 9.17) is 41.8 Å². The van der Waals surface area contributed by atoms with Crippen LogP contribution < -0.4 is 130 Å². The first kappa shape index (κ1) is 73.5. The van der Waals surface area contributed by atoms with Crippen molar-refractivity contribution in [1.82, 2.24) is 39.8 Å². The van der Waals surface area contributed by atoms with Crippen molar-refractivity contribution < 1.29 is 138 Å². The van der Waals surface area contributed by atoms with Gasteiger partial charge in [-0.2, -0.15) is 68.7 Å². The predicted molar refractivity (Wildman–Crippen MR) is 277 cm³/mol. The maximum atomic E-state index is 12.0. The van der Waals surface area contributed by atoms with Gasteiger partial charge in [0.1, 0.15) is 22.2 Å². The molecule has 0 aromatic carbocycles. The van der Waals surface area contributed by atoms with Crippen LogP contribution in [0.2, 0.25) is 5.15 Å². The van der Waals surface area contributed by atoms with Gasteiger partial charge in [-0.05, 0) is 112 Å². The Morgan fingerprint density at radius 2 is 1.16 bits per heavy atom. The number of aromatic nitrogens is 6. The van der Waals surface area contributed by atoms with Gasteiger partial charge in [0.2, 0.25) is 0 Å². The molecule has 0 saturated heterocycles. The molecular formula is C43H77ClK2N10O7S4. The Labute approximate surface area is 517 Å². The minimum atomic E-state index is -0.478. The van der Waals surface area contributed by atoms with Crippen molar-refractivity contribution in [3.8, 4) is 0 Å². The molecule has 67 heavy (non-hydrogen) atoms. The molecule has 4 atom stereocenters. The second-order valence-electron chi connectivity index (χ2n) is 17.4. The van der Waals surface area contributed by atoms with E-state index in [1.807, 2.05) is 64.3 Å². The number of carbonyl (C=O) groups is 3. The number of carbonyl (C=O) groups excluding carboxylic acids is 3. The molecule has 4 aromatic rings. The number of rotatable bonds is 11. The van der Waals surface area contributed by atoms with Crippen molar-refractivity contribution in [3.63, 3.8) is 0 Å². The molecule has 4 aromatic heterocycles. The number of nitrogens with one attached hydrogen (secondary N) is 3. The standard InChI is InChI=1S/C21H33N5O2.C11H14ClN3.C10H20N2O2.CH2O3.2K.4H2S.H/c1-6-14(7-2)17-13-19(26-18(25-17)10-11-22-26)23-15-8-9-16(12-15)24-20(27)28-21(3,4)5;1-3-8(4-2)9-7-10(12)15-11(14-9)5-6-13-15;1-10(2,3)14-9(13)12-8-5-4-7(11)6-8;2-1-4-3;;;;;;;/h10-11,13-16,23H,6-9,12H2,1-5H3,(H,24,27);5-8H,3-4H2,1-2H3;7-8H,4-6,11H2,1-3H3,(H,12,13);1,3H;;;4*1H2;/q;;;;2*+1;;;;;-1/p-1/t15-,16-;;7-,8-;;;;;;;;/m0.0......../s1. The van der Waals surface area contributed by atoms with E-state index in [1.54, 1.807) is 16.9 Å². The van der Waals surface area contributed by atoms with Gasteiger partial charge in [0.05, 0.1) is 12.4 Å². The molecule has 5 N–H and O–H groups in total. The summed E-state index contributed by atoms with van der Waals surface area (Å²) in [6.07, 6.45) is 12.7. The van der Waals surface area contributed by atoms with Gasteiger partial charge in [-0.1, -0.05) is 39.3 Å². The van der Waals surface area contributed by atoms with Crippen molar-refractivity contribution >= 4 is 101 Å². The topological polar surface area (TPSA) is 224 Å². The van der Waals surface area contributed by atoms with Gasteiger partial charge in [-0.25, -0.2) is 24.1 Å². The van der Waals surface area contributed by atoms with E-state index in [0.717, 1.165) is 92.7 Å². The van der Waals surface area contributed by atoms with Crippen molar-refractivity contribution in [2.24, 2.45) is 5.73 Å². The van der Waals surface area contributed by atoms with Crippen molar-refractivity contribution in [3.05, 3.63) is 53.2 Å². The molecule has 2 amide bonds. The van der Waals surface area contributed by atoms with Crippen molar-refractivity contribution in [2.75, 3.05) is 5.32 Å². The Morgan fingerprint density at radius 3 is 1.58 bits per heavy atom. The van der Waals surface area contributed by atoms with Crippen LogP contribution in [0.5, 0.6) is 0 Å². The van der Waals surface area contributed by atoms with E-state index >= 15 is 0 Å². The molecule has 0 unspecified atom stereocenters. The fraction of sp³-hybridized carbons (Fsp3) is 0.651. The first-order chi connectivity index (χ1) is 28.8. The molecule has 24 heteroatoms. The van der Waals surface area contributed by atoms with E-state index in [1.165, 1.54) is 0 Å². The molecule has 2 saturated carbocycles. The van der Waals surface area contributed by atoms with Crippen LogP contribution in [-0.2, 0) is 19.2 Å². The van der Waals surface area contributed by atoms with Gasteiger partial charge in [-0.15, -0.1) is 0 Å². The number of alkyl carbamates (subject to hydrolysis) is 2. The van der Waals surface area contributed by atoms with Crippen LogP contribution in [-0.4, -0.2) is 83.2 Å². The third kappa shape index (κ3) is 26.5. The number of nitrogens with two attached hydrogens (primary N) is 1. The summed E-state index contributed by atoms with van der Waals surface area (Å²) in [5.41, 5.74) is 8.71. The van der Waals surface area contributed by atoms with Crippen molar-refractivity contribution in [1.29, 1.82) is 0 Å². The van der Waals surface area contributed by atoms with Crippen LogP contribution in [0.4, 0.5) is 15.4 Å². The van der Waals surface area contributed by atoms with Gasteiger partial charge in [-0.3, -0.25) is 4.79 Å². The molecule has 6 rings (SSSR count). The predicted octanol–water partition coefficient (Wildman–Crippen LogP) is 2.17. The summed E-state index contributed by atoms with van der Waals surface area (Å²) in [4.78, 5) is 44.0. The third-order valence-electron chi connectivity index (χ3n) is 10.3. The SMILES string of the molecule is CC(C)(C)OC(=O)N[C@H]1CC[C@H](N)C1.CCC(CC)c1cc(Cl)n2nccc2n1.CCC(CC)c1cc(N[C@H]2CC[C@H](NC(=O)OC(C)(C)C)C2)n2nccc2n1.O=CO[O-].S.S.S.S.[H-].[K+].[K+]. The van der Waals surface area contributed by atoms with E-state index in [9.17, 15) is 9.59 Å². The van der Waals surface area contributed by atoms with E-state index in [-0.39, 0.29) is 201 Å².